The first-order chi connectivity index (χ1) is 12.6. The number of ether oxygens (including phenoxy) is 2. The van der Waals surface area contributed by atoms with Gasteiger partial charge in [0.05, 0.1) is 18.7 Å². The van der Waals surface area contributed by atoms with Crippen LogP contribution in [0.2, 0.25) is 0 Å². The number of anilines is 1. The van der Waals surface area contributed by atoms with Gasteiger partial charge < -0.3 is 24.4 Å². The lowest BCUT2D eigenvalue weighted by Crippen LogP contribution is -2.41. The summed E-state index contributed by atoms with van der Waals surface area (Å²) in [5.41, 5.74) is 0.505. The number of carbonyl (C=O) groups is 1. The number of para-hydroxylation sites is 2. The lowest BCUT2D eigenvalue weighted by Gasteiger charge is -2.29. The molecule has 1 aliphatic heterocycles. The van der Waals surface area contributed by atoms with Gasteiger partial charge in [0.1, 0.15) is 12.4 Å². The summed E-state index contributed by atoms with van der Waals surface area (Å²) in [7, 11) is 3.57. The predicted octanol–water partition coefficient (Wildman–Crippen LogP) is 1.42. The number of hydrogen-bond donors (Lipinski definition) is 1. The Bertz CT molecular complexity index is 751. The Labute approximate surface area is 152 Å². The normalized spacial score (nSPS) is 15.4. The third kappa shape index (κ3) is 4.05. The molecule has 1 aromatic carbocycles. The molecule has 7 heteroatoms. The molecule has 2 aromatic rings. The van der Waals surface area contributed by atoms with Gasteiger partial charge in [-0.15, -0.1) is 0 Å². The molecule has 0 bridgehead atoms. The zero-order valence-corrected chi connectivity index (χ0v) is 15.0. The van der Waals surface area contributed by atoms with E-state index in [1.54, 1.807) is 30.3 Å². The van der Waals surface area contributed by atoms with Crippen molar-refractivity contribution in [3.05, 3.63) is 48.2 Å². The van der Waals surface area contributed by atoms with Gasteiger partial charge >= 0.3 is 0 Å². The Balaban J connectivity index is 1.60. The monoisotopic (exact) mass is 357 g/mol. The summed E-state index contributed by atoms with van der Waals surface area (Å²) in [5, 5.41) is 8.98. The number of aromatic nitrogens is 1. The van der Waals surface area contributed by atoms with Gasteiger partial charge in [0.15, 0.2) is 17.6 Å². The summed E-state index contributed by atoms with van der Waals surface area (Å²) in [4.78, 5) is 20.3. The Kier molecular flexibility index (Phi) is 5.58. The predicted molar refractivity (Wildman–Crippen MR) is 97.9 cm³/mol. The Morgan fingerprint density at radius 1 is 1.23 bits per heavy atom. The van der Waals surface area contributed by atoms with Gasteiger partial charge in [-0.1, -0.05) is 12.1 Å². The molecule has 0 radical (unpaired) electrons. The minimum atomic E-state index is -0.221. The smallest absolute Gasteiger partial charge is 0.255 e. The molecule has 26 heavy (non-hydrogen) atoms. The van der Waals surface area contributed by atoms with E-state index in [0.717, 1.165) is 5.75 Å². The summed E-state index contributed by atoms with van der Waals surface area (Å²) < 4.78 is 11.6. The minimum Gasteiger partial charge on any atom is -0.486 e. The number of rotatable bonds is 6. The van der Waals surface area contributed by atoms with Crippen LogP contribution < -0.4 is 14.4 Å². The zero-order valence-electron chi connectivity index (χ0n) is 15.0. The summed E-state index contributed by atoms with van der Waals surface area (Å²) in [5.74, 6) is 2.00. The van der Waals surface area contributed by atoms with E-state index >= 15 is 0 Å². The molecular weight excluding hydrogens is 334 g/mol. The Morgan fingerprint density at radius 2 is 2.00 bits per heavy atom. The second-order valence-electron chi connectivity index (χ2n) is 6.23. The summed E-state index contributed by atoms with van der Waals surface area (Å²) in [6.07, 6.45) is 1.33. The average Bonchev–Trinajstić information content (AvgIpc) is 2.67. The maximum absolute atomic E-state index is 12.6. The van der Waals surface area contributed by atoms with E-state index in [1.807, 2.05) is 36.2 Å². The topological polar surface area (TPSA) is 75.1 Å². The molecule has 7 nitrogen and oxygen atoms in total. The van der Waals surface area contributed by atoms with Crippen molar-refractivity contribution in [2.75, 3.05) is 45.3 Å². The maximum Gasteiger partial charge on any atom is 0.255 e. The molecule has 2 heterocycles. The van der Waals surface area contributed by atoms with E-state index in [4.69, 9.17) is 14.6 Å². The average molecular weight is 357 g/mol. The van der Waals surface area contributed by atoms with Gasteiger partial charge in [-0.3, -0.25) is 4.79 Å². The van der Waals surface area contributed by atoms with Crippen LogP contribution in [0.25, 0.3) is 0 Å². The summed E-state index contributed by atoms with van der Waals surface area (Å²) >= 11 is 0. The fraction of sp³-hybridized carbons (Fsp3) is 0.368. The highest BCUT2D eigenvalue weighted by Crippen LogP contribution is 2.31. The number of hydrogen-bond acceptors (Lipinski definition) is 6. The molecule has 1 unspecified atom stereocenters. The number of likely N-dealkylation sites (N-methyl/N-ethyl adjacent to an activating group) is 2. The van der Waals surface area contributed by atoms with Gasteiger partial charge in [-0.25, -0.2) is 4.98 Å². The SMILES string of the molecule is CN(CC1COc2ccccc2O1)C(=O)c1ccc(N(C)CCO)nc1. The quantitative estimate of drug-likeness (QED) is 0.843. The van der Waals surface area contributed by atoms with Crippen LogP contribution in [-0.4, -0.2) is 67.4 Å². The number of nitrogens with zero attached hydrogens (tertiary/aromatic N) is 3. The summed E-state index contributed by atoms with van der Waals surface area (Å²) in [6, 6.07) is 11.0. The second-order valence-corrected chi connectivity index (χ2v) is 6.23. The Hall–Kier alpha value is -2.80. The van der Waals surface area contributed by atoms with Crippen LogP contribution in [0.5, 0.6) is 11.5 Å². The highest BCUT2D eigenvalue weighted by atomic mass is 16.6. The van der Waals surface area contributed by atoms with Crippen LogP contribution >= 0.6 is 0 Å². The number of amides is 1. The Morgan fingerprint density at radius 3 is 2.69 bits per heavy atom. The first-order valence-corrected chi connectivity index (χ1v) is 8.50. The minimum absolute atomic E-state index is 0.0498. The van der Waals surface area contributed by atoms with Crippen LogP contribution in [-0.2, 0) is 0 Å². The van der Waals surface area contributed by atoms with Gasteiger partial charge in [0.25, 0.3) is 5.91 Å². The highest BCUT2D eigenvalue weighted by Gasteiger charge is 2.24. The van der Waals surface area contributed by atoms with Crippen molar-refractivity contribution in [3.8, 4) is 11.5 Å². The molecule has 0 saturated heterocycles. The first-order valence-electron chi connectivity index (χ1n) is 8.50. The summed E-state index contributed by atoms with van der Waals surface area (Å²) in [6.45, 7) is 1.35. The van der Waals surface area contributed by atoms with Gasteiger partial charge in [0, 0.05) is 26.8 Å². The van der Waals surface area contributed by atoms with Crippen molar-refractivity contribution >= 4 is 11.7 Å². The van der Waals surface area contributed by atoms with E-state index in [2.05, 4.69) is 4.98 Å². The number of aliphatic hydroxyl groups is 1. The fourth-order valence-corrected chi connectivity index (χ4v) is 2.76. The molecule has 0 fully saturated rings. The molecule has 0 saturated carbocycles. The van der Waals surface area contributed by atoms with Crippen molar-refractivity contribution in [2.24, 2.45) is 0 Å². The molecule has 0 spiro atoms. The molecule has 1 aliphatic rings. The molecule has 1 amide bonds. The van der Waals surface area contributed by atoms with Crippen molar-refractivity contribution in [1.82, 2.24) is 9.88 Å². The third-order valence-corrected chi connectivity index (χ3v) is 4.21. The van der Waals surface area contributed by atoms with E-state index in [1.165, 1.54) is 0 Å². The van der Waals surface area contributed by atoms with Crippen LogP contribution in [0.1, 0.15) is 10.4 Å². The van der Waals surface area contributed by atoms with Gasteiger partial charge in [-0.2, -0.15) is 0 Å². The zero-order chi connectivity index (χ0) is 18.5. The van der Waals surface area contributed by atoms with Gasteiger partial charge in [-0.05, 0) is 24.3 Å². The lowest BCUT2D eigenvalue weighted by molar-refractivity contribution is 0.0520. The van der Waals surface area contributed by atoms with Crippen molar-refractivity contribution in [3.63, 3.8) is 0 Å². The molecule has 1 aromatic heterocycles. The van der Waals surface area contributed by atoms with E-state index in [9.17, 15) is 4.79 Å². The van der Waals surface area contributed by atoms with E-state index in [-0.39, 0.29) is 18.6 Å². The largest absolute Gasteiger partial charge is 0.486 e. The number of carbonyl (C=O) groups excluding carboxylic acids is 1. The number of aliphatic hydroxyl groups excluding tert-OH is 1. The molecule has 0 aliphatic carbocycles. The van der Waals surface area contributed by atoms with Gasteiger partial charge in [0.2, 0.25) is 0 Å². The molecule has 1 N–H and O–H groups in total. The van der Waals surface area contributed by atoms with E-state index < -0.39 is 0 Å². The van der Waals surface area contributed by atoms with Crippen LogP contribution in [0.15, 0.2) is 42.6 Å². The number of benzene rings is 1. The molecule has 1 atom stereocenters. The van der Waals surface area contributed by atoms with Crippen molar-refractivity contribution in [2.45, 2.75) is 6.10 Å². The van der Waals surface area contributed by atoms with Crippen LogP contribution in [0, 0.1) is 0 Å². The molecule has 3 rings (SSSR count). The lowest BCUT2D eigenvalue weighted by atomic mass is 10.2. The maximum atomic E-state index is 12.6. The van der Waals surface area contributed by atoms with E-state index in [0.29, 0.717) is 36.8 Å². The molecular formula is C19H23N3O4. The number of pyridine rings is 1. The fourth-order valence-electron chi connectivity index (χ4n) is 2.76. The van der Waals surface area contributed by atoms with Crippen LogP contribution in [0.3, 0.4) is 0 Å². The van der Waals surface area contributed by atoms with Crippen LogP contribution in [0.4, 0.5) is 5.82 Å². The number of fused-ring (bicyclic) bond motifs is 1. The molecule has 138 valence electrons. The highest BCUT2D eigenvalue weighted by molar-refractivity contribution is 5.94. The first kappa shape index (κ1) is 18.0. The third-order valence-electron chi connectivity index (χ3n) is 4.21. The van der Waals surface area contributed by atoms with Crippen molar-refractivity contribution < 1.29 is 19.4 Å². The van der Waals surface area contributed by atoms with Crippen molar-refractivity contribution in [1.29, 1.82) is 0 Å². The standard InChI is InChI=1S/C19H23N3O4/c1-21(9-10-23)18-8-7-14(11-20-18)19(24)22(2)12-15-13-25-16-5-3-4-6-17(16)26-15/h3-8,11,15,23H,9-10,12-13H2,1-2H3. The second kappa shape index (κ2) is 8.05.